The Bertz CT molecular complexity index is 844. The number of anilines is 1. The first kappa shape index (κ1) is 18.2. The topological polar surface area (TPSA) is 28.2 Å². The first-order valence-electron chi connectivity index (χ1n) is 7.90. The minimum atomic E-state index is 0.579. The average molecular weight is 392 g/mol. The molecule has 2 aromatic carbocycles. The molecule has 0 radical (unpaired) electrons. The van der Waals surface area contributed by atoms with E-state index in [2.05, 4.69) is 39.5 Å². The lowest BCUT2D eigenvalue weighted by Gasteiger charge is -2.12. The van der Waals surface area contributed by atoms with Crippen LogP contribution < -0.4 is 10.2 Å². The number of hydrogen-bond donors (Lipinski definition) is 1. The largest absolute Gasteiger partial charge is 0.378 e. The van der Waals surface area contributed by atoms with Gasteiger partial charge in [0.25, 0.3) is 0 Å². The van der Waals surface area contributed by atoms with E-state index in [0.717, 1.165) is 23.7 Å². The Morgan fingerprint density at radius 3 is 2.44 bits per heavy atom. The zero-order valence-corrected chi connectivity index (χ0v) is 16.4. The van der Waals surface area contributed by atoms with Crippen LogP contribution in [0.4, 0.5) is 5.69 Å². The highest BCUT2D eigenvalue weighted by atomic mass is 35.5. The van der Waals surface area contributed by atoms with Gasteiger partial charge in [0.05, 0.1) is 14.9 Å². The Kier molecular flexibility index (Phi) is 5.97. The van der Waals surface area contributed by atoms with Crippen LogP contribution in [0.1, 0.15) is 10.6 Å². The maximum absolute atomic E-state index is 6.04. The standard InChI is InChI=1S/C19H19Cl2N3S/c1-24(2)15-6-4-14(5-7-15)18-11-23-19(25-18)12-22-10-13-3-8-16(20)17(21)9-13/h3-9,11,22H,10,12H2,1-2H3. The van der Waals surface area contributed by atoms with Crippen LogP contribution in [0.25, 0.3) is 10.4 Å². The predicted octanol–water partition coefficient (Wildman–Crippen LogP) is 5.47. The van der Waals surface area contributed by atoms with Crippen molar-refractivity contribution in [2.24, 2.45) is 0 Å². The smallest absolute Gasteiger partial charge is 0.107 e. The molecule has 0 amide bonds. The molecule has 0 fully saturated rings. The number of nitrogens with one attached hydrogen (secondary N) is 1. The minimum Gasteiger partial charge on any atom is -0.378 e. The summed E-state index contributed by atoms with van der Waals surface area (Å²) in [5.74, 6) is 0. The fourth-order valence-corrected chi connectivity index (χ4v) is 3.63. The predicted molar refractivity (Wildman–Crippen MR) is 109 cm³/mol. The van der Waals surface area contributed by atoms with Gasteiger partial charge in [0, 0.05) is 39.1 Å². The molecule has 3 nitrogen and oxygen atoms in total. The van der Waals surface area contributed by atoms with E-state index in [1.165, 1.54) is 16.1 Å². The zero-order chi connectivity index (χ0) is 17.8. The molecule has 3 aromatic rings. The molecule has 25 heavy (non-hydrogen) atoms. The highest BCUT2D eigenvalue weighted by molar-refractivity contribution is 7.15. The Morgan fingerprint density at radius 2 is 1.76 bits per heavy atom. The number of aromatic nitrogens is 1. The summed E-state index contributed by atoms with van der Waals surface area (Å²) in [4.78, 5) is 7.78. The third-order valence-corrected chi connectivity index (χ3v) is 5.60. The first-order valence-corrected chi connectivity index (χ1v) is 9.47. The van der Waals surface area contributed by atoms with Crippen molar-refractivity contribution in [1.29, 1.82) is 0 Å². The van der Waals surface area contributed by atoms with Crippen LogP contribution in [-0.4, -0.2) is 19.1 Å². The molecule has 1 heterocycles. The third kappa shape index (κ3) is 4.73. The van der Waals surface area contributed by atoms with Gasteiger partial charge in [0.15, 0.2) is 0 Å². The van der Waals surface area contributed by atoms with E-state index in [9.17, 15) is 0 Å². The number of benzene rings is 2. The summed E-state index contributed by atoms with van der Waals surface area (Å²) in [6, 6.07) is 14.2. The lowest BCUT2D eigenvalue weighted by Crippen LogP contribution is -2.12. The van der Waals surface area contributed by atoms with Crippen molar-refractivity contribution in [3.8, 4) is 10.4 Å². The van der Waals surface area contributed by atoms with E-state index >= 15 is 0 Å². The van der Waals surface area contributed by atoms with Gasteiger partial charge < -0.3 is 10.2 Å². The van der Waals surface area contributed by atoms with Gasteiger partial charge in [-0.1, -0.05) is 41.4 Å². The van der Waals surface area contributed by atoms with E-state index in [0.29, 0.717) is 10.0 Å². The molecular formula is C19H19Cl2N3S. The van der Waals surface area contributed by atoms with Crippen molar-refractivity contribution in [2.45, 2.75) is 13.1 Å². The van der Waals surface area contributed by atoms with Gasteiger partial charge in [-0.3, -0.25) is 0 Å². The van der Waals surface area contributed by atoms with E-state index < -0.39 is 0 Å². The number of rotatable bonds is 6. The van der Waals surface area contributed by atoms with Crippen LogP contribution in [0.5, 0.6) is 0 Å². The highest BCUT2D eigenvalue weighted by Crippen LogP contribution is 2.28. The van der Waals surface area contributed by atoms with Crippen LogP contribution in [0.15, 0.2) is 48.7 Å². The Balaban J connectivity index is 1.58. The molecule has 3 rings (SSSR count). The lowest BCUT2D eigenvalue weighted by atomic mass is 10.2. The minimum absolute atomic E-state index is 0.579. The monoisotopic (exact) mass is 391 g/mol. The van der Waals surface area contributed by atoms with Gasteiger partial charge in [0.1, 0.15) is 5.01 Å². The second kappa shape index (κ2) is 8.19. The van der Waals surface area contributed by atoms with Crippen molar-refractivity contribution in [3.05, 3.63) is 69.3 Å². The van der Waals surface area contributed by atoms with E-state index in [4.69, 9.17) is 23.2 Å². The maximum atomic E-state index is 6.04. The van der Waals surface area contributed by atoms with Gasteiger partial charge in [-0.25, -0.2) is 4.98 Å². The summed E-state index contributed by atoms with van der Waals surface area (Å²) in [5.41, 5.74) is 3.49. The van der Waals surface area contributed by atoms with Gasteiger partial charge in [-0.05, 0) is 35.4 Å². The number of nitrogens with zero attached hydrogens (tertiary/aromatic N) is 2. The van der Waals surface area contributed by atoms with Crippen molar-refractivity contribution in [2.75, 3.05) is 19.0 Å². The van der Waals surface area contributed by atoms with Crippen molar-refractivity contribution < 1.29 is 0 Å². The van der Waals surface area contributed by atoms with E-state index in [1.54, 1.807) is 11.3 Å². The van der Waals surface area contributed by atoms with Crippen LogP contribution in [0, 0.1) is 0 Å². The van der Waals surface area contributed by atoms with Gasteiger partial charge in [-0.2, -0.15) is 0 Å². The number of thiazole rings is 1. The molecule has 1 aromatic heterocycles. The molecule has 6 heteroatoms. The molecule has 0 saturated heterocycles. The molecule has 1 N–H and O–H groups in total. The maximum Gasteiger partial charge on any atom is 0.107 e. The molecule has 0 aliphatic heterocycles. The summed E-state index contributed by atoms with van der Waals surface area (Å²) in [6.07, 6.45) is 1.94. The molecule has 0 atom stereocenters. The zero-order valence-electron chi connectivity index (χ0n) is 14.1. The summed E-state index contributed by atoms with van der Waals surface area (Å²) < 4.78 is 0. The van der Waals surface area contributed by atoms with E-state index in [-0.39, 0.29) is 0 Å². The summed E-state index contributed by atoms with van der Waals surface area (Å²) in [7, 11) is 4.08. The molecule has 0 bridgehead atoms. The number of hydrogen-bond acceptors (Lipinski definition) is 4. The molecule has 0 aliphatic carbocycles. The Hall–Kier alpha value is -1.59. The molecule has 130 valence electrons. The summed E-state index contributed by atoms with van der Waals surface area (Å²) >= 11 is 13.7. The molecule has 0 aliphatic rings. The van der Waals surface area contributed by atoms with Crippen molar-refractivity contribution in [1.82, 2.24) is 10.3 Å². The summed E-state index contributed by atoms with van der Waals surface area (Å²) in [5, 5.41) is 5.62. The SMILES string of the molecule is CN(C)c1ccc(-c2cnc(CNCc3ccc(Cl)c(Cl)c3)s2)cc1. The first-order chi connectivity index (χ1) is 12.0. The summed E-state index contributed by atoms with van der Waals surface area (Å²) in [6.45, 7) is 1.45. The van der Waals surface area contributed by atoms with E-state index in [1.807, 2.05) is 38.5 Å². The van der Waals surface area contributed by atoms with Gasteiger partial charge >= 0.3 is 0 Å². The molecule has 0 spiro atoms. The lowest BCUT2D eigenvalue weighted by molar-refractivity contribution is 0.690. The molecule has 0 unspecified atom stereocenters. The molecular weight excluding hydrogens is 373 g/mol. The molecule has 0 saturated carbocycles. The van der Waals surface area contributed by atoms with Crippen LogP contribution >= 0.6 is 34.5 Å². The van der Waals surface area contributed by atoms with Crippen LogP contribution in [0.2, 0.25) is 10.0 Å². The fraction of sp³-hybridized carbons (Fsp3) is 0.211. The fourth-order valence-electron chi connectivity index (χ4n) is 2.41. The Morgan fingerprint density at radius 1 is 1.00 bits per heavy atom. The van der Waals surface area contributed by atoms with Gasteiger partial charge in [0.2, 0.25) is 0 Å². The van der Waals surface area contributed by atoms with Crippen LogP contribution in [-0.2, 0) is 13.1 Å². The number of halogens is 2. The third-order valence-electron chi connectivity index (χ3n) is 3.81. The average Bonchev–Trinajstić information content (AvgIpc) is 3.07. The quantitative estimate of drug-likeness (QED) is 0.603. The highest BCUT2D eigenvalue weighted by Gasteiger charge is 2.06. The Labute approximate surface area is 162 Å². The second-order valence-corrected chi connectivity index (χ2v) is 7.84. The van der Waals surface area contributed by atoms with Crippen molar-refractivity contribution >= 4 is 40.2 Å². The van der Waals surface area contributed by atoms with Gasteiger partial charge in [-0.15, -0.1) is 11.3 Å². The normalized spacial score (nSPS) is 10.9. The second-order valence-electron chi connectivity index (χ2n) is 5.91. The van der Waals surface area contributed by atoms with Crippen LogP contribution in [0.3, 0.4) is 0 Å². The van der Waals surface area contributed by atoms with Crippen molar-refractivity contribution in [3.63, 3.8) is 0 Å².